The zero-order valence-electron chi connectivity index (χ0n) is 12.5. The lowest BCUT2D eigenvalue weighted by molar-refractivity contribution is 0.119. The highest BCUT2D eigenvalue weighted by molar-refractivity contribution is 5.37. The molecule has 2 heterocycles. The normalized spacial score (nSPS) is 23.4. The molecule has 1 N–H and O–H groups in total. The lowest BCUT2D eigenvalue weighted by atomic mass is 9.94. The molecule has 2 aliphatic rings. The summed E-state index contributed by atoms with van der Waals surface area (Å²) < 4.78 is 5.80. The van der Waals surface area contributed by atoms with Gasteiger partial charge in [0.1, 0.15) is 5.75 Å². The van der Waals surface area contributed by atoms with Gasteiger partial charge in [0.25, 0.3) is 0 Å². The average Bonchev–Trinajstić information content (AvgIpc) is 2.53. The summed E-state index contributed by atoms with van der Waals surface area (Å²) in [7, 11) is 0. The predicted molar refractivity (Wildman–Crippen MR) is 82.1 cm³/mol. The van der Waals surface area contributed by atoms with Gasteiger partial charge in [-0.2, -0.15) is 0 Å². The van der Waals surface area contributed by atoms with E-state index in [1.165, 1.54) is 38.0 Å². The van der Waals surface area contributed by atoms with E-state index < -0.39 is 0 Å². The van der Waals surface area contributed by atoms with Gasteiger partial charge in [-0.1, -0.05) is 25.1 Å². The van der Waals surface area contributed by atoms with E-state index in [1.54, 1.807) is 0 Å². The number of rotatable bonds is 4. The second kappa shape index (κ2) is 6.59. The van der Waals surface area contributed by atoms with Gasteiger partial charge in [0.2, 0.25) is 0 Å². The predicted octanol–water partition coefficient (Wildman–Crippen LogP) is 2.83. The molecule has 1 atom stereocenters. The molecule has 0 radical (unpaired) electrons. The van der Waals surface area contributed by atoms with E-state index in [9.17, 15) is 0 Å². The summed E-state index contributed by atoms with van der Waals surface area (Å²) >= 11 is 0. The second-order valence-electron chi connectivity index (χ2n) is 5.97. The lowest BCUT2D eigenvalue weighted by Gasteiger charge is -2.38. The van der Waals surface area contributed by atoms with Crippen molar-refractivity contribution >= 4 is 0 Å². The molecule has 1 saturated heterocycles. The maximum absolute atomic E-state index is 5.80. The number of hydrogen-bond acceptors (Lipinski definition) is 3. The van der Waals surface area contributed by atoms with Crippen molar-refractivity contribution < 1.29 is 4.74 Å². The Kier molecular flexibility index (Phi) is 4.58. The van der Waals surface area contributed by atoms with Gasteiger partial charge in [0.05, 0.1) is 6.61 Å². The van der Waals surface area contributed by atoms with Crippen molar-refractivity contribution in [3.05, 3.63) is 29.8 Å². The summed E-state index contributed by atoms with van der Waals surface area (Å²) in [6.45, 7) is 7.88. The van der Waals surface area contributed by atoms with Crippen LogP contribution in [0.15, 0.2) is 24.3 Å². The summed E-state index contributed by atoms with van der Waals surface area (Å²) in [6, 6.07) is 9.10. The summed E-state index contributed by atoms with van der Waals surface area (Å²) in [5.41, 5.74) is 1.38. The van der Waals surface area contributed by atoms with E-state index >= 15 is 0 Å². The summed E-state index contributed by atoms with van der Waals surface area (Å²) in [6.07, 6.45) is 3.76. The fourth-order valence-corrected chi connectivity index (χ4v) is 3.58. The molecular formula is C17H26N2O. The zero-order valence-corrected chi connectivity index (χ0v) is 12.5. The molecule has 0 saturated carbocycles. The minimum atomic E-state index is 0.542. The maximum atomic E-state index is 5.80. The Labute approximate surface area is 122 Å². The Morgan fingerprint density at radius 2 is 2.00 bits per heavy atom. The quantitative estimate of drug-likeness (QED) is 0.913. The molecular weight excluding hydrogens is 248 g/mol. The highest BCUT2D eigenvalue weighted by Gasteiger charge is 2.27. The number of ether oxygens (including phenoxy) is 1. The molecule has 0 aliphatic carbocycles. The largest absolute Gasteiger partial charge is 0.493 e. The fourth-order valence-electron chi connectivity index (χ4n) is 3.58. The van der Waals surface area contributed by atoms with Crippen LogP contribution in [0.25, 0.3) is 0 Å². The molecule has 1 aromatic carbocycles. The molecule has 2 aliphatic heterocycles. The van der Waals surface area contributed by atoms with Crippen molar-refractivity contribution in [1.82, 2.24) is 10.2 Å². The third kappa shape index (κ3) is 2.99. The van der Waals surface area contributed by atoms with E-state index in [0.29, 0.717) is 6.04 Å². The van der Waals surface area contributed by atoms with Crippen molar-refractivity contribution in [3.8, 4) is 5.75 Å². The first kappa shape index (κ1) is 13.9. The van der Waals surface area contributed by atoms with Crippen LogP contribution in [-0.2, 0) is 0 Å². The summed E-state index contributed by atoms with van der Waals surface area (Å²) in [5, 5.41) is 3.46. The van der Waals surface area contributed by atoms with E-state index in [2.05, 4.69) is 41.4 Å². The van der Waals surface area contributed by atoms with Gasteiger partial charge >= 0.3 is 0 Å². The molecule has 1 fully saturated rings. The second-order valence-corrected chi connectivity index (χ2v) is 5.97. The number of hydrogen-bond donors (Lipinski definition) is 1. The van der Waals surface area contributed by atoms with Gasteiger partial charge in [0, 0.05) is 24.6 Å². The first-order valence-electron chi connectivity index (χ1n) is 8.05. The number of piperidine rings is 1. The molecule has 3 heteroatoms. The van der Waals surface area contributed by atoms with Gasteiger partial charge in [-0.25, -0.2) is 0 Å². The number of benzene rings is 1. The molecule has 20 heavy (non-hydrogen) atoms. The number of para-hydroxylation sites is 1. The third-order valence-electron chi connectivity index (χ3n) is 4.73. The Morgan fingerprint density at radius 1 is 1.20 bits per heavy atom. The van der Waals surface area contributed by atoms with Crippen LogP contribution < -0.4 is 10.1 Å². The maximum Gasteiger partial charge on any atom is 0.124 e. The molecule has 3 nitrogen and oxygen atoms in total. The van der Waals surface area contributed by atoms with Crippen LogP contribution in [0.3, 0.4) is 0 Å². The molecule has 1 unspecified atom stereocenters. The smallest absolute Gasteiger partial charge is 0.124 e. The van der Waals surface area contributed by atoms with Gasteiger partial charge in [-0.3, -0.25) is 4.90 Å². The zero-order chi connectivity index (χ0) is 13.8. The van der Waals surface area contributed by atoms with Gasteiger partial charge < -0.3 is 10.1 Å². The molecule has 0 amide bonds. The van der Waals surface area contributed by atoms with Crippen molar-refractivity contribution in [1.29, 1.82) is 0 Å². The van der Waals surface area contributed by atoms with Gasteiger partial charge in [0.15, 0.2) is 0 Å². The highest BCUT2D eigenvalue weighted by Crippen LogP contribution is 2.36. The molecule has 3 rings (SSSR count). The molecule has 0 bridgehead atoms. The van der Waals surface area contributed by atoms with Gasteiger partial charge in [-0.15, -0.1) is 0 Å². The minimum absolute atomic E-state index is 0.542. The molecule has 110 valence electrons. The van der Waals surface area contributed by atoms with Crippen LogP contribution in [0, 0.1) is 5.92 Å². The Morgan fingerprint density at radius 3 is 2.80 bits per heavy atom. The summed E-state index contributed by atoms with van der Waals surface area (Å²) in [4.78, 5) is 2.66. The Balaban J connectivity index is 1.72. The number of fused-ring (bicyclic) bond motifs is 1. The monoisotopic (exact) mass is 274 g/mol. The third-order valence-corrected chi connectivity index (χ3v) is 4.73. The van der Waals surface area contributed by atoms with Crippen molar-refractivity contribution in [2.45, 2.75) is 32.2 Å². The van der Waals surface area contributed by atoms with E-state index in [4.69, 9.17) is 4.74 Å². The molecule has 1 aromatic rings. The van der Waals surface area contributed by atoms with Crippen LogP contribution >= 0.6 is 0 Å². The van der Waals surface area contributed by atoms with Crippen molar-refractivity contribution in [3.63, 3.8) is 0 Å². The standard InChI is InChI=1S/C17H26N2O/c1-2-19(13-14-7-10-18-11-8-14)16-9-12-20-17-6-4-3-5-15(16)17/h3-6,14,16,18H,2,7-13H2,1H3. The van der Waals surface area contributed by atoms with Gasteiger partial charge in [-0.05, 0) is 44.5 Å². The number of nitrogens with one attached hydrogen (secondary N) is 1. The Hall–Kier alpha value is -1.06. The van der Waals surface area contributed by atoms with E-state index in [1.807, 2.05) is 0 Å². The van der Waals surface area contributed by atoms with Crippen LogP contribution in [0.4, 0.5) is 0 Å². The van der Waals surface area contributed by atoms with Crippen LogP contribution in [0.2, 0.25) is 0 Å². The fraction of sp³-hybridized carbons (Fsp3) is 0.647. The van der Waals surface area contributed by atoms with Crippen LogP contribution in [0.5, 0.6) is 5.75 Å². The van der Waals surface area contributed by atoms with Crippen molar-refractivity contribution in [2.24, 2.45) is 5.92 Å². The highest BCUT2D eigenvalue weighted by atomic mass is 16.5. The molecule has 0 spiro atoms. The van der Waals surface area contributed by atoms with Crippen LogP contribution in [-0.4, -0.2) is 37.7 Å². The van der Waals surface area contributed by atoms with E-state index in [0.717, 1.165) is 31.2 Å². The molecule has 0 aromatic heterocycles. The lowest BCUT2D eigenvalue weighted by Crippen LogP contribution is -2.39. The number of nitrogens with zero attached hydrogens (tertiary/aromatic N) is 1. The first-order valence-corrected chi connectivity index (χ1v) is 8.05. The Bertz CT molecular complexity index is 429. The topological polar surface area (TPSA) is 24.5 Å². The SMILES string of the molecule is CCN(CC1CCNCC1)C1CCOc2ccccc21. The van der Waals surface area contributed by atoms with E-state index in [-0.39, 0.29) is 0 Å². The average molecular weight is 274 g/mol. The summed E-state index contributed by atoms with van der Waals surface area (Å²) in [5.74, 6) is 1.94. The van der Waals surface area contributed by atoms with Crippen LogP contribution in [0.1, 0.15) is 37.8 Å². The minimum Gasteiger partial charge on any atom is -0.493 e. The van der Waals surface area contributed by atoms with Crippen molar-refractivity contribution in [2.75, 3.05) is 32.8 Å². The first-order chi connectivity index (χ1) is 9.88.